The molecule has 138 valence electrons. The van der Waals surface area contributed by atoms with Gasteiger partial charge in [0.2, 0.25) is 0 Å². The van der Waals surface area contributed by atoms with E-state index >= 15 is 0 Å². The van der Waals surface area contributed by atoms with Crippen LogP contribution in [0.3, 0.4) is 0 Å². The van der Waals surface area contributed by atoms with E-state index in [2.05, 4.69) is 10.2 Å². The molecule has 1 saturated carbocycles. The Hall–Kier alpha value is -3.42. The van der Waals surface area contributed by atoms with Gasteiger partial charge in [0.1, 0.15) is 5.56 Å². The second kappa shape index (κ2) is 6.39. The maximum absolute atomic E-state index is 12.2. The van der Waals surface area contributed by atoms with Crippen LogP contribution in [0.4, 0.5) is 0 Å². The monoisotopic (exact) mass is 366 g/mol. The van der Waals surface area contributed by atoms with Crippen molar-refractivity contribution in [2.45, 2.75) is 18.3 Å². The van der Waals surface area contributed by atoms with Crippen molar-refractivity contribution in [3.63, 3.8) is 0 Å². The zero-order chi connectivity index (χ0) is 19.1. The first-order valence-corrected chi connectivity index (χ1v) is 8.48. The van der Waals surface area contributed by atoms with Crippen molar-refractivity contribution < 1.29 is 19.4 Å². The molecule has 2 unspecified atom stereocenters. The number of aromatic carboxylic acids is 1. The van der Waals surface area contributed by atoms with Crippen LogP contribution >= 0.6 is 0 Å². The van der Waals surface area contributed by atoms with Gasteiger partial charge in [-0.2, -0.15) is 10.2 Å². The molecular weight excluding hydrogens is 348 g/mol. The quantitative estimate of drug-likeness (QED) is 0.696. The number of carbonyl (C=O) groups excluding carboxylic acids is 1. The number of benzene rings is 1. The van der Waals surface area contributed by atoms with E-state index in [1.54, 1.807) is 27.6 Å². The highest BCUT2D eigenvalue weighted by atomic mass is 16.5. The van der Waals surface area contributed by atoms with Crippen LogP contribution in [0.1, 0.15) is 50.2 Å². The maximum atomic E-state index is 12.2. The number of esters is 1. The third-order valence-electron chi connectivity index (χ3n) is 4.84. The van der Waals surface area contributed by atoms with Crippen molar-refractivity contribution in [1.29, 1.82) is 0 Å². The molecule has 0 saturated heterocycles. The molecule has 2 heterocycles. The summed E-state index contributed by atoms with van der Waals surface area (Å²) in [5.74, 6) is -1.15. The number of carbonyl (C=O) groups is 2. The lowest BCUT2D eigenvalue weighted by molar-refractivity contribution is 0.0598. The number of nitrogens with zero attached hydrogens (tertiary/aromatic N) is 4. The first-order valence-electron chi connectivity index (χ1n) is 8.48. The minimum Gasteiger partial charge on any atom is -0.478 e. The standard InChI is InChI=1S/C19H18N4O4/c1-22-10-12(8-20-22)14-7-15(14)17-16(19(26)27-2)9-21-23(17)13-5-3-4-11(6-13)18(24)25/h3-6,8-10,14-15H,7H2,1-2H3,(H,24,25). The van der Waals surface area contributed by atoms with E-state index in [4.69, 9.17) is 4.74 Å². The van der Waals surface area contributed by atoms with Crippen molar-refractivity contribution in [3.05, 3.63) is 65.2 Å². The largest absolute Gasteiger partial charge is 0.478 e. The molecule has 0 aliphatic heterocycles. The highest BCUT2D eigenvalue weighted by Crippen LogP contribution is 2.55. The summed E-state index contributed by atoms with van der Waals surface area (Å²) in [4.78, 5) is 23.5. The van der Waals surface area contributed by atoms with Gasteiger partial charge in [-0.05, 0) is 36.1 Å². The Morgan fingerprint density at radius 1 is 1.22 bits per heavy atom. The van der Waals surface area contributed by atoms with Crippen LogP contribution in [-0.2, 0) is 11.8 Å². The second-order valence-corrected chi connectivity index (χ2v) is 6.60. The van der Waals surface area contributed by atoms with Gasteiger partial charge < -0.3 is 9.84 Å². The molecule has 0 radical (unpaired) electrons. The fraction of sp³-hybridized carbons (Fsp3) is 0.263. The predicted octanol–water partition coefficient (Wildman–Crippen LogP) is 2.36. The van der Waals surface area contributed by atoms with E-state index in [0.29, 0.717) is 11.3 Å². The molecule has 8 heteroatoms. The second-order valence-electron chi connectivity index (χ2n) is 6.60. The summed E-state index contributed by atoms with van der Waals surface area (Å²) in [7, 11) is 3.20. The molecular formula is C19H18N4O4. The van der Waals surface area contributed by atoms with E-state index < -0.39 is 11.9 Å². The zero-order valence-electron chi connectivity index (χ0n) is 14.9. The Balaban J connectivity index is 1.78. The Morgan fingerprint density at radius 2 is 2.04 bits per heavy atom. The zero-order valence-corrected chi connectivity index (χ0v) is 14.9. The number of rotatable bonds is 5. The number of hydrogen-bond acceptors (Lipinski definition) is 5. The van der Waals surface area contributed by atoms with Crippen molar-refractivity contribution in [1.82, 2.24) is 19.6 Å². The summed E-state index contributed by atoms with van der Waals surface area (Å²) in [5.41, 5.74) is 2.99. The van der Waals surface area contributed by atoms with Gasteiger partial charge in [-0.25, -0.2) is 14.3 Å². The number of methoxy groups -OCH3 is 1. The molecule has 1 N–H and O–H groups in total. The molecule has 0 amide bonds. The van der Waals surface area contributed by atoms with Gasteiger partial charge in [0.25, 0.3) is 0 Å². The van der Waals surface area contributed by atoms with Crippen LogP contribution < -0.4 is 0 Å². The van der Waals surface area contributed by atoms with Gasteiger partial charge in [-0.3, -0.25) is 4.68 Å². The number of ether oxygens (including phenoxy) is 1. The Kier molecular flexibility index (Phi) is 4.02. The van der Waals surface area contributed by atoms with Gasteiger partial charge >= 0.3 is 11.9 Å². The van der Waals surface area contributed by atoms with Gasteiger partial charge in [-0.1, -0.05) is 6.07 Å². The molecule has 1 aromatic carbocycles. The molecule has 8 nitrogen and oxygen atoms in total. The number of aryl methyl sites for hydroxylation is 1. The Morgan fingerprint density at radius 3 is 2.70 bits per heavy atom. The van der Waals surface area contributed by atoms with Crippen LogP contribution in [0.25, 0.3) is 5.69 Å². The minimum atomic E-state index is -1.02. The summed E-state index contributed by atoms with van der Waals surface area (Å²) in [6.45, 7) is 0. The lowest BCUT2D eigenvalue weighted by Gasteiger charge is -2.10. The van der Waals surface area contributed by atoms with Gasteiger partial charge in [0, 0.05) is 19.2 Å². The van der Waals surface area contributed by atoms with Crippen molar-refractivity contribution in [3.8, 4) is 5.69 Å². The van der Waals surface area contributed by atoms with E-state index in [-0.39, 0.29) is 17.4 Å². The van der Waals surface area contributed by atoms with Crippen LogP contribution in [0.5, 0.6) is 0 Å². The highest BCUT2D eigenvalue weighted by molar-refractivity contribution is 5.91. The predicted molar refractivity (Wildman–Crippen MR) is 95.2 cm³/mol. The maximum Gasteiger partial charge on any atom is 0.341 e. The summed E-state index contributed by atoms with van der Waals surface area (Å²) in [6, 6.07) is 6.49. The summed E-state index contributed by atoms with van der Waals surface area (Å²) in [5, 5.41) is 17.8. The number of carboxylic acid groups (broad SMARTS) is 1. The first kappa shape index (κ1) is 17.0. The number of aromatic nitrogens is 4. The molecule has 2 atom stereocenters. The average Bonchev–Trinajstić information content (AvgIpc) is 3.12. The molecule has 1 aliphatic carbocycles. The molecule has 3 aromatic rings. The lowest BCUT2D eigenvalue weighted by Crippen LogP contribution is -2.08. The molecule has 1 fully saturated rings. The van der Waals surface area contributed by atoms with Crippen molar-refractivity contribution in [2.24, 2.45) is 7.05 Å². The lowest BCUT2D eigenvalue weighted by atomic mass is 10.1. The Labute approximate surface area is 155 Å². The minimum absolute atomic E-state index is 0.0827. The van der Waals surface area contributed by atoms with Crippen LogP contribution in [0, 0.1) is 0 Å². The van der Waals surface area contributed by atoms with Crippen LogP contribution in [0.2, 0.25) is 0 Å². The topological polar surface area (TPSA) is 99.2 Å². The average molecular weight is 366 g/mol. The van der Waals surface area contributed by atoms with Crippen LogP contribution in [-0.4, -0.2) is 43.7 Å². The summed E-state index contributed by atoms with van der Waals surface area (Å²) >= 11 is 0. The van der Waals surface area contributed by atoms with Gasteiger partial charge in [0.05, 0.1) is 36.4 Å². The molecule has 4 rings (SSSR count). The number of carboxylic acids is 1. The third-order valence-corrected chi connectivity index (χ3v) is 4.84. The van der Waals surface area contributed by atoms with E-state index in [1.165, 1.54) is 19.4 Å². The van der Waals surface area contributed by atoms with Gasteiger partial charge in [-0.15, -0.1) is 0 Å². The summed E-state index contributed by atoms with van der Waals surface area (Å²) < 4.78 is 8.30. The smallest absolute Gasteiger partial charge is 0.341 e. The van der Waals surface area contributed by atoms with E-state index in [9.17, 15) is 14.7 Å². The SMILES string of the molecule is COC(=O)c1cnn(-c2cccc(C(=O)O)c2)c1C1CC1c1cnn(C)c1. The molecule has 2 aromatic heterocycles. The van der Waals surface area contributed by atoms with Crippen molar-refractivity contribution >= 4 is 11.9 Å². The van der Waals surface area contributed by atoms with E-state index in [1.807, 2.05) is 19.4 Å². The summed E-state index contributed by atoms with van der Waals surface area (Å²) in [6.07, 6.45) is 6.13. The van der Waals surface area contributed by atoms with Crippen molar-refractivity contribution in [2.75, 3.05) is 7.11 Å². The fourth-order valence-corrected chi connectivity index (χ4v) is 3.46. The molecule has 27 heavy (non-hydrogen) atoms. The Bertz CT molecular complexity index is 1040. The van der Waals surface area contributed by atoms with Crippen LogP contribution in [0.15, 0.2) is 42.9 Å². The molecule has 1 aliphatic rings. The molecule has 0 bridgehead atoms. The first-order chi connectivity index (χ1) is 13.0. The van der Waals surface area contributed by atoms with Gasteiger partial charge in [0.15, 0.2) is 0 Å². The third kappa shape index (κ3) is 2.99. The number of hydrogen-bond donors (Lipinski definition) is 1. The molecule has 0 spiro atoms. The highest BCUT2D eigenvalue weighted by Gasteiger charge is 2.45. The fourth-order valence-electron chi connectivity index (χ4n) is 3.46. The normalized spacial score (nSPS) is 18.3. The van der Waals surface area contributed by atoms with E-state index in [0.717, 1.165) is 17.7 Å².